The van der Waals surface area contributed by atoms with Crippen LogP contribution in [0.4, 0.5) is 11.4 Å². The van der Waals surface area contributed by atoms with Crippen LogP contribution in [-0.4, -0.2) is 35.2 Å². The van der Waals surface area contributed by atoms with Crippen molar-refractivity contribution < 1.29 is 19.6 Å². The van der Waals surface area contributed by atoms with Crippen LogP contribution in [0.15, 0.2) is 18.2 Å². The van der Waals surface area contributed by atoms with E-state index < -0.39 is 11.0 Å². The van der Waals surface area contributed by atoms with Gasteiger partial charge in [-0.1, -0.05) is 13.8 Å². The molecule has 7 heteroatoms. The largest absolute Gasteiger partial charge is 0.478 e. The van der Waals surface area contributed by atoms with Crippen molar-refractivity contribution in [2.45, 2.75) is 26.4 Å². The molecule has 1 aliphatic rings. The minimum atomic E-state index is -0.613. The number of aliphatic hydroxyl groups is 1. The van der Waals surface area contributed by atoms with Crippen LogP contribution in [0.1, 0.15) is 20.3 Å². The number of non-ortho nitro benzene ring substituents is 1. The summed E-state index contributed by atoms with van der Waals surface area (Å²) in [6.45, 7) is 4.00. The maximum Gasteiger partial charge on any atom is 0.271 e. The molecule has 1 atom stereocenters. The highest BCUT2D eigenvalue weighted by Gasteiger charge is 2.36. The van der Waals surface area contributed by atoms with E-state index in [0.717, 1.165) is 0 Å². The number of carbonyl (C=O) groups excluding carboxylic acids is 1. The molecule has 0 saturated heterocycles. The predicted molar refractivity (Wildman–Crippen MR) is 76.4 cm³/mol. The standard InChI is InChI=1S/C14H18N2O5/c1-9(2)13-14(18)15(6-3-7-17)11-8-10(16(19)20)4-5-12(11)21-13/h4-5,8-9,13,17H,3,6-7H2,1-2H3. The fourth-order valence-corrected chi connectivity index (χ4v) is 2.27. The zero-order valence-electron chi connectivity index (χ0n) is 12.0. The van der Waals surface area contributed by atoms with Crippen molar-refractivity contribution in [2.75, 3.05) is 18.1 Å². The lowest BCUT2D eigenvalue weighted by molar-refractivity contribution is -0.384. The molecule has 0 aliphatic carbocycles. The van der Waals surface area contributed by atoms with Crippen molar-refractivity contribution in [3.05, 3.63) is 28.3 Å². The number of fused-ring (bicyclic) bond motifs is 1. The zero-order valence-corrected chi connectivity index (χ0v) is 12.0. The number of rotatable bonds is 5. The van der Waals surface area contributed by atoms with Gasteiger partial charge in [0.15, 0.2) is 6.10 Å². The molecule has 0 bridgehead atoms. The molecule has 1 aliphatic heterocycles. The van der Waals surface area contributed by atoms with Crippen LogP contribution in [0.3, 0.4) is 0 Å². The fraction of sp³-hybridized carbons (Fsp3) is 0.500. The molecular formula is C14H18N2O5. The molecule has 0 spiro atoms. The minimum absolute atomic E-state index is 0.0162. The SMILES string of the molecule is CC(C)C1Oc2ccc([N+](=O)[O-])cc2N(CCCO)C1=O. The molecule has 21 heavy (non-hydrogen) atoms. The first-order valence-electron chi connectivity index (χ1n) is 6.83. The molecule has 1 aromatic rings. The first kappa shape index (κ1) is 15.2. The Bertz CT molecular complexity index is 558. The van der Waals surface area contributed by atoms with E-state index in [0.29, 0.717) is 24.4 Å². The first-order valence-corrected chi connectivity index (χ1v) is 6.83. The smallest absolute Gasteiger partial charge is 0.271 e. The molecule has 1 amide bonds. The van der Waals surface area contributed by atoms with Crippen LogP contribution in [-0.2, 0) is 4.79 Å². The Hall–Kier alpha value is -2.15. The minimum Gasteiger partial charge on any atom is -0.478 e. The Morgan fingerprint density at radius 3 is 2.76 bits per heavy atom. The van der Waals surface area contributed by atoms with Gasteiger partial charge in [-0.2, -0.15) is 0 Å². The molecule has 0 aromatic heterocycles. The summed E-state index contributed by atoms with van der Waals surface area (Å²) in [6.07, 6.45) is -0.212. The zero-order chi connectivity index (χ0) is 15.6. The summed E-state index contributed by atoms with van der Waals surface area (Å²) in [7, 11) is 0. The van der Waals surface area contributed by atoms with Gasteiger partial charge < -0.3 is 14.7 Å². The van der Waals surface area contributed by atoms with Gasteiger partial charge in [0.2, 0.25) is 0 Å². The lowest BCUT2D eigenvalue weighted by atomic mass is 10.0. The quantitative estimate of drug-likeness (QED) is 0.659. The number of carbonyl (C=O) groups is 1. The summed E-state index contributed by atoms with van der Waals surface area (Å²) >= 11 is 0. The molecule has 0 saturated carbocycles. The van der Waals surface area contributed by atoms with Gasteiger partial charge in [0.1, 0.15) is 5.75 Å². The third-order valence-corrected chi connectivity index (χ3v) is 3.35. The van der Waals surface area contributed by atoms with Gasteiger partial charge in [-0.3, -0.25) is 14.9 Å². The second kappa shape index (κ2) is 6.09. The third-order valence-electron chi connectivity index (χ3n) is 3.35. The number of aliphatic hydroxyl groups excluding tert-OH is 1. The highest BCUT2D eigenvalue weighted by molar-refractivity contribution is 6.00. The first-order chi connectivity index (χ1) is 9.95. The van der Waals surface area contributed by atoms with Crippen LogP contribution in [0.2, 0.25) is 0 Å². The average Bonchev–Trinajstić information content (AvgIpc) is 2.44. The Labute approximate surface area is 122 Å². The van der Waals surface area contributed by atoms with E-state index >= 15 is 0 Å². The molecular weight excluding hydrogens is 276 g/mol. The van der Waals surface area contributed by atoms with Crippen LogP contribution in [0, 0.1) is 16.0 Å². The van der Waals surface area contributed by atoms with E-state index in [-0.39, 0.29) is 24.1 Å². The topological polar surface area (TPSA) is 92.9 Å². The van der Waals surface area contributed by atoms with Gasteiger partial charge in [0, 0.05) is 25.3 Å². The molecule has 0 fully saturated rings. The van der Waals surface area contributed by atoms with Crippen LogP contribution < -0.4 is 9.64 Å². The van der Waals surface area contributed by atoms with Gasteiger partial charge in [0.25, 0.3) is 11.6 Å². The summed E-state index contributed by atoms with van der Waals surface area (Å²) in [5.41, 5.74) is 0.293. The highest BCUT2D eigenvalue weighted by Crippen LogP contribution is 2.38. The van der Waals surface area contributed by atoms with Gasteiger partial charge >= 0.3 is 0 Å². The van der Waals surface area contributed by atoms with Crippen molar-refractivity contribution in [3.8, 4) is 5.75 Å². The molecule has 114 valence electrons. The van der Waals surface area contributed by atoms with Crippen molar-refractivity contribution in [3.63, 3.8) is 0 Å². The number of amides is 1. The summed E-state index contributed by atoms with van der Waals surface area (Å²) in [4.78, 5) is 24.3. The number of hydrogen-bond donors (Lipinski definition) is 1. The van der Waals surface area contributed by atoms with E-state index in [9.17, 15) is 14.9 Å². The maximum absolute atomic E-state index is 12.5. The second-order valence-electron chi connectivity index (χ2n) is 5.26. The van der Waals surface area contributed by atoms with E-state index in [4.69, 9.17) is 9.84 Å². The van der Waals surface area contributed by atoms with E-state index in [1.165, 1.54) is 23.1 Å². The Morgan fingerprint density at radius 2 is 2.19 bits per heavy atom. The monoisotopic (exact) mass is 294 g/mol. The van der Waals surface area contributed by atoms with Crippen molar-refractivity contribution in [1.82, 2.24) is 0 Å². The van der Waals surface area contributed by atoms with Gasteiger partial charge in [-0.15, -0.1) is 0 Å². The van der Waals surface area contributed by atoms with Crippen LogP contribution in [0.5, 0.6) is 5.75 Å². The third kappa shape index (κ3) is 2.97. The number of benzene rings is 1. The lowest BCUT2D eigenvalue weighted by Crippen LogP contribution is -2.48. The van der Waals surface area contributed by atoms with Crippen molar-refractivity contribution in [1.29, 1.82) is 0 Å². The number of nitro groups is 1. The fourth-order valence-electron chi connectivity index (χ4n) is 2.27. The maximum atomic E-state index is 12.5. The summed E-state index contributed by atoms with van der Waals surface area (Å²) in [5.74, 6) is 0.209. The summed E-state index contributed by atoms with van der Waals surface area (Å²) in [5, 5.41) is 19.9. The Balaban J connectivity index is 2.44. The number of nitro benzene ring substituents is 1. The lowest BCUT2D eigenvalue weighted by Gasteiger charge is -2.35. The predicted octanol–water partition coefficient (Wildman–Crippen LogP) is 1.73. The number of hydrogen-bond acceptors (Lipinski definition) is 5. The molecule has 7 nitrogen and oxygen atoms in total. The number of nitrogens with zero attached hydrogens (tertiary/aromatic N) is 2. The molecule has 1 N–H and O–H groups in total. The van der Waals surface area contributed by atoms with Crippen molar-refractivity contribution >= 4 is 17.3 Å². The Morgan fingerprint density at radius 1 is 1.48 bits per heavy atom. The van der Waals surface area contributed by atoms with Gasteiger partial charge in [0.05, 0.1) is 10.6 Å². The molecule has 1 heterocycles. The molecule has 1 aromatic carbocycles. The molecule has 1 unspecified atom stereocenters. The number of ether oxygens (including phenoxy) is 1. The van der Waals surface area contributed by atoms with E-state index in [2.05, 4.69) is 0 Å². The number of anilines is 1. The average molecular weight is 294 g/mol. The summed E-state index contributed by atoms with van der Waals surface area (Å²) in [6, 6.07) is 4.21. The Kier molecular flexibility index (Phi) is 4.42. The van der Waals surface area contributed by atoms with Gasteiger partial charge in [-0.05, 0) is 18.4 Å². The molecule has 0 radical (unpaired) electrons. The second-order valence-corrected chi connectivity index (χ2v) is 5.26. The molecule has 2 rings (SSSR count). The van der Waals surface area contributed by atoms with Crippen LogP contribution >= 0.6 is 0 Å². The van der Waals surface area contributed by atoms with Crippen LogP contribution in [0.25, 0.3) is 0 Å². The van der Waals surface area contributed by atoms with Gasteiger partial charge in [-0.25, -0.2) is 0 Å². The highest BCUT2D eigenvalue weighted by atomic mass is 16.6. The summed E-state index contributed by atoms with van der Waals surface area (Å²) < 4.78 is 5.67. The normalized spacial score (nSPS) is 17.6. The van der Waals surface area contributed by atoms with E-state index in [1.807, 2.05) is 13.8 Å². The van der Waals surface area contributed by atoms with Crippen molar-refractivity contribution in [2.24, 2.45) is 5.92 Å². The van der Waals surface area contributed by atoms with E-state index in [1.54, 1.807) is 0 Å².